The molecule has 4 bridgehead atoms. The molecule has 5 aliphatic rings. The summed E-state index contributed by atoms with van der Waals surface area (Å²) >= 11 is 0. The van der Waals surface area contributed by atoms with Crippen LogP contribution >= 0.6 is 0 Å². The monoisotopic (exact) mass is 355 g/mol. The quantitative estimate of drug-likeness (QED) is 0.834. The largest absolute Gasteiger partial charge is 0.472 e. The van der Waals surface area contributed by atoms with Crippen LogP contribution in [0.1, 0.15) is 57.2 Å². The lowest BCUT2D eigenvalue weighted by molar-refractivity contribution is -0.160. The van der Waals surface area contributed by atoms with Gasteiger partial charge in [0.15, 0.2) is 0 Å². The van der Waals surface area contributed by atoms with Gasteiger partial charge in [0.05, 0.1) is 12.0 Å². The van der Waals surface area contributed by atoms with Crippen molar-refractivity contribution in [1.82, 2.24) is 14.9 Å². The van der Waals surface area contributed by atoms with Crippen molar-refractivity contribution in [1.29, 1.82) is 0 Å². The number of rotatable bonds is 3. The molecule has 6 rings (SSSR count). The molecule has 1 amide bonds. The summed E-state index contributed by atoms with van der Waals surface area (Å²) < 4.78 is 6.09. The molecule has 1 saturated heterocycles. The second-order valence-electron chi connectivity index (χ2n) is 9.27. The van der Waals surface area contributed by atoms with Gasteiger partial charge in [-0.25, -0.2) is 4.98 Å². The third-order valence-electron chi connectivity index (χ3n) is 7.20. The van der Waals surface area contributed by atoms with Crippen LogP contribution in [0.2, 0.25) is 0 Å². The van der Waals surface area contributed by atoms with Crippen molar-refractivity contribution in [2.45, 2.75) is 64.4 Å². The Kier molecular flexibility index (Phi) is 3.94. The average molecular weight is 355 g/mol. The third-order valence-corrected chi connectivity index (χ3v) is 7.20. The molecule has 5 nitrogen and oxygen atoms in total. The van der Waals surface area contributed by atoms with E-state index in [2.05, 4.69) is 14.9 Å². The summed E-state index contributed by atoms with van der Waals surface area (Å²) in [5, 5.41) is 0. The lowest BCUT2D eigenvalue weighted by atomic mass is 9.49. The molecule has 4 aliphatic carbocycles. The minimum atomic E-state index is -0.0395. The van der Waals surface area contributed by atoms with Crippen molar-refractivity contribution in [2.75, 3.05) is 13.1 Å². The van der Waals surface area contributed by atoms with Crippen LogP contribution in [0.3, 0.4) is 0 Å². The van der Waals surface area contributed by atoms with E-state index < -0.39 is 0 Å². The van der Waals surface area contributed by atoms with Crippen LogP contribution in [0.4, 0.5) is 0 Å². The summed E-state index contributed by atoms with van der Waals surface area (Å²) in [6, 6.07) is 1.81. The summed E-state index contributed by atoms with van der Waals surface area (Å²) in [5.74, 6) is 4.22. The zero-order valence-electron chi connectivity index (χ0n) is 15.7. The van der Waals surface area contributed by atoms with E-state index in [1.807, 2.05) is 13.0 Å². The van der Waals surface area contributed by atoms with Gasteiger partial charge < -0.3 is 9.64 Å². The van der Waals surface area contributed by atoms with Crippen molar-refractivity contribution >= 4 is 5.91 Å². The second kappa shape index (κ2) is 6.21. The summed E-state index contributed by atoms with van der Waals surface area (Å²) in [6.07, 6.45) is 11.4. The molecular formula is C21H29N3O2. The highest BCUT2D eigenvalue weighted by molar-refractivity contribution is 5.83. The molecule has 0 aromatic carbocycles. The van der Waals surface area contributed by atoms with Crippen LogP contribution in [-0.4, -0.2) is 40.0 Å². The molecule has 0 N–H and O–H groups in total. The third kappa shape index (κ3) is 2.89. The second-order valence-corrected chi connectivity index (χ2v) is 9.27. The fourth-order valence-electron chi connectivity index (χ4n) is 6.60. The first-order valence-corrected chi connectivity index (χ1v) is 10.4. The van der Waals surface area contributed by atoms with Crippen LogP contribution in [0, 0.1) is 30.1 Å². The van der Waals surface area contributed by atoms with Gasteiger partial charge in [0.1, 0.15) is 11.9 Å². The standard InChI is InChI=1S/C21H29N3O2/c1-14-22-5-4-19(23-14)26-18-3-2-6-24(13-18)20(25)21-10-15-7-16(11-21)9-17(8-15)12-21/h4-5,15-18H,2-3,6-13H2,1H3. The van der Waals surface area contributed by atoms with Crippen molar-refractivity contribution in [3.8, 4) is 5.88 Å². The van der Waals surface area contributed by atoms with E-state index in [-0.39, 0.29) is 11.5 Å². The molecule has 4 saturated carbocycles. The molecule has 1 unspecified atom stereocenters. The van der Waals surface area contributed by atoms with E-state index in [1.54, 1.807) is 6.20 Å². The Morgan fingerprint density at radius 2 is 1.88 bits per heavy atom. The number of aryl methyl sites for hydroxylation is 1. The Hall–Kier alpha value is -1.65. The zero-order valence-corrected chi connectivity index (χ0v) is 15.7. The number of piperidine rings is 1. The number of carbonyl (C=O) groups is 1. The zero-order chi connectivity index (χ0) is 17.7. The van der Waals surface area contributed by atoms with Gasteiger partial charge in [0.25, 0.3) is 0 Å². The predicted molar refractivity (Wildman–Crippen MR) is 97.6 cm³/mol. The van der Waals surface area contributed by atoms with E-state index in [9.17, 15) is 4.79 Å². The van der Waals surface area contributed by atoms with Crippen LogP contribution in [0.5, 0.6) is 5.88 Å². The maximum absolute atomic E-state index is 13.5. The van der Waals surface area contributed by atoms with Gasteiger partial charge in [-0.1, -0.05) is 0 Å². The maximum atomic E-state index is 13.5. The number of carbonyl (C=O) groups excluding carboxylic acids is 1. The van der Waals surface area contributed by atoms with E-state index in [4.69, 9.17) is 4.74 Å². The van der Waals surface area contributed by atoms with Crippen molar-refractivity contribution in [2.24, 2.45) is 23.2 Å². The van der Waals surface area contributed by atoms with Gasteiger partial charge in [-0.2, -0.15) is 4.98 Å². The number of likely N-dealkylation sites (tertiary alicyclic amines) is 1. The fourth-order valence-corrected chi connectivity index (χ4v) is 6.60. The van der Waals surface area contributed by atoms with E-state index in [0.29, 0.717) is 18.3 Å². The van der Waals surface area contributed by atoms with E-state index >= 15 is 0 Å². The van der Waals surface area contributed by atoms with Gasteiger partial charge in [-0.05, 0) is 76.0 Å². The summed E-state index contributed by atoms with van der Waals surface area (Å²) in [4.78, 5) is 24.2. The van der Waals surface area contributed by atoms with Crippen LogP contribution < -0.4 is 4.74 Å². The fraction of sp³-hybridized carbons (Fsp3) is 0.762. The predicted octanol–water partition coefficient (Wildman–Crippen LogP) is 3.37. The number of hydrogen-bond donors (Lipinski definition) is 0. The molecule has 5 fully saturated rings. The summed E-state index contributed by atoms with van der Waals surface area (Å²) in [6.45, 7) is 3.48. The Labute approximate surface area is 155 Å². The first-order valence-electron chi connectivity index (χ1n) is 10.4. The Morgan fingerprint density at radius 1 is 1.19 bits per heavy atom. The minimum absolute atomic E-state index is 0.0395. The van der Waals surface area contributed by atoms with Gasteiger partial charge >= 0.3 is 0 Å². The minimum Gasteiger partial charge on any atom is -0.472 e. The molecule has 140 valence electrons. The Morgan fingerprint density at radius 3 is 2.54 bits per heavy atom. The highest BCUT2D eigenvalue weighted by Gasteiger charge is 2.55. The Balaban J connectivity index is 1.28. The average Bonchev–Trinajstić information content (AvgIpc) is 2.60. The van der Waals surface area contributed by atoms with Crippen LogP contribution in [0.15, 0.2) is 12.3 Å². The highest BCUT2D eigenvalue weighted by atomic mass is 16.5. The number of ether oxygens (including phenoxy) is 1. The van der Waals surface area contributed by atoms with Crippen LogP contribution in [0.25, 0.3) is 0 Å². The van der Waals surface area contributed by atoms with E-state index in [0.717, 1.165) is 62.2 Å². The topological polar surface area (TPSA) is 55.3 Å². The van der Waals surface area contributed by atoms with Crippen LogP contribution in [-0.2, 0) is 4.79 Å². The molecule has 1 aliphatic heterocycles. The lowest BCUT2D eigenvalue weighted by Crippen LogP contribution is -2.57. The SMILES string of the molecule is Cc1nccc(OC2CCCN(C(=O)C34CC5CC(CC(C5)C3)C4)C2)n1. The highest BCUT2D eigenvalue weighted by Crippen LogP contribution is 2.60. The normalized spacial score (nSPS) is 38.4. The molecule has 2 heterocycles. The van der Waals surface area contributed by atoms with Gasteiger partial charge in [-0.3, -0.25) is 4.79 Å². The molecular weight excluding hydrogens is 326 g/mol. The van der Waals surface area contributed by atoms with Gasteiger partial charge in [0.2, 0.25) is 11.8 Å². The molecule has 0 radical (unpaired) electrons. The number of aromatic nitrogens is 2. The molecule has 0 spiro atoms. The first-order chi connectivity index (χ1) is 12.6. The van der Waals surface area contributed by atoms with Crippen molar-refractivity contribution in [3.63, 3.8) is 0 Å². The number of hydrogen-bond acceptors (Lipinski definition) is 4. The number of amides is 1. The molecule has 1 atom stereocenters. The maximum Gasteiger partial charge on any atom is 0.228 e. The number of nitrogens with zero attached hydrogens (tertiary/aromatic N) is 3. The lowest BCUT2D eigenvalue weighted by Gasteiger charge is -2.57. The first kappa shape index (κ1) is 16.5. The Bertz CT molecular complexity index is 669. The summed E-state index contributed by atoms with van der Waals surface area (Å²) in [5.41, 5.74) is -0.0395. The smallest absolute Gasteiger partial charge is 0.228 e. The molecule has 1 aromatic heterocycles. The molecule has 5 heteroatoms. The van der Waals surface area contributed by atoms with Crippen molar-refractivity contribution < 1.29 is 9.53 Å². The molecule has 1 aromatic rings. The van der Waals surface area contributed by atoms with Crippen molar-refractivity contribution in [3.05, 3.63) is 18.1 Å². The van der Waals surface area contributed by atoms with Gasteiger partial charge in [-0.15, -0.1) is 0 Å². The summed E-state index contributed by atoms with van der Waals surface area (Å²) in [7, 11) is 0. The molecule has 26 heavy (non-hydrogen) atoms. The van der Waals surface area contributed by atoms with Gasteiger partial charge in [0, 0.05) is 18.8 Å². The van der Waals surface area contributed by atoms with E-state index in [1.165, 1.54) is 19.3 Å².